The maximum Gasteiger partial charge on any atom is 0.265 e. The molecule has 0 aliphatic carbocycles. The van der Waals surface area contributed by atoms with E-state index in [1.54, 1.807) is 12.1 Å². The number of anilines is 2. The van der Waals surface area contributed by atoms with Crippen molar-refractivity contribution in [1.82, 2.24) is 4.90 Å². The van der Waals surface area contributed by atoms with Crippen LogP contribution in [0.1, 0.15) is 13.3 Å². The van der Waals surface area contributed by atoms with Crippen LogP contribution in [0.3, 0.4) is 0 Å². The Balaban J connectivity index is 1.60. The SMILES string of the molecule is CCC(Oc1ccccc1F)C(=O)Nc1ccc(N2CCN(C)CC2)cc1. The predicted octanol–water partition coefficient (Wildman–Crippen LogP) is 3.37. The highest BCUT2D eigenvalue weighted by Crippen LogP contribution is 2.21. The van der Waals surface area contributed by atoms with E-state index in [1.165, 1.54) is 12.1 Å². The van der Waals surface area contributed by atoms with Gasteiger partial charge in [-0.1, -0.05) is 19.1 Å². The number of carbonyl (C=O) groups excluding carboxylic acids is 1. The number of benzene rings is 2. The number of carbonyl (C=O) groups is 1. The molecule has 2 aromatic rings. The molecular formula is C21H26FN3O2. The quantitative estimate of drug-likeness (QED) is 0.846. The van der Waals surface area contributed by atoms with Crippen LogP contribution in [0, 0.1) is 5.82 Å². The van der Waals surface area contributed by atoms with E-state index in [4.69, 9.17) is 4.74 Å². The van der Waals surface area contributed by atoms with Gasteiger partial charge in [0.1, 0.15) is 0 Å². The number of hydrogen-bond donors (Lipinski definition) is 1. The van der Waals surface area contributed by atoms with E-state index < -0.39 is 11.9 Å². The summed E-state index contributed by atoms with van der Waals surface area (Å²) in [5.41, 5.74) is 1.85. The molecule has 1 saturated heterocycles. The van der Waals surface area contributed by atoms with Gasteiger partial charge in [0.05, 0.1) is 0 Å². The fourth-order valence-electron chi connectivity index (χ4n) is 3.06. The molecule has 1 aliphatic rings. The summed E-state index contributed by atoms with van der Waals surface area (Å²) in [7, 11) is 2.13. The van der Waals surface area contributed by atoms with Crippen LogP contribution in [0.25, 0.3) is 0 Å². The molecule has 0 radical (unpaired) electrons. The minimum absolute atomic E-state index is 0.0879. The maximum atomic E-state index is 13.8. The fourth-order valence-corrected chi connectivity index (χ4v) is 3.06. The Morgan fingerprint density at radius 3 is 2.41 bits per heavy atom. The third kappa shape index (κ3) is 4.98. The summed E-state index contributed by atoms with van der Waals surface area (Å²) >= 11 is 0. The standard InChI is InChI=1S/C21H26FN3O2/c1-3-19(27-20-7-5-4-6-18(20)22)21(26)23-16-8-10-17(11-9-16)25-14-12-24(2)13-15-25/h4-11,19H,3,12-15H2,1-2H3,(H,23,26). The molecule has 1 atom stereocenters. The number of likely N-dealkylation sites (N-methyl/N-ethyl adjacent to an activating group) is 1. The van der Waals surface area contributed by atoms with Crippen LogP contribution in [0.5, 0.6) is 5.75 Å². The average molecular weight is 371 g/mol. The smallest absolute Gasteiger partial charge is 0.265 e. The summed E-state index contributed by atoms with van der Waals surface area (Å²) in [6, 6.07) is 13.9. The number of nitrogens with zero attached hydrogens (tertiary/aromatic N) is 2. The van der Waals surface area contributed by atoms with E-state index >= 15 is 0 Å². The van der Waals surface area contributed by atoms with Crippen molar-refractivity contribution in [2.24, 2.45) is 0 Å². The summed E-state index contributed by atoms with van der Waals surface area (Å²) < 4.78 is 19.3. The molecule has 1 heterocycles. The van der Waals surface area contributed by atoms with Gasteiger partial charge in [-0.25, -0.2) is 4.39 Å². The van der Waals surface area contributed by atoms with Crippen LogP contribution >= 0.6 is 0 Å². The van der Waals surface area contributed by atoms with Crippen LogP contribution in [-0.4, -0.2) is 50.1 Å². The topological polar surface area (TPSA) is 44.8 Å². The number of para-hydroxylation sites is 1. The first-order valence-corrected chi connectivity index (χ1v) is 9.32. The van der Waals surface area contributed by atoms with Gasteiger partial charge in [0.25, 0.3) is 5.91 Å². The van der Waals surface area contributed by atoms with E-state index in [0.29, 0.717) is 12.1 Å². The predicted molar refractivity (Wildman–Crippen MR) is 106 cm³/mol. The maximum absolute atomic E-state index is 13.8. The van der Waals surface area contributed by atoms with Crippen LogP contribution < -0.4 is 15.0 Å². The molecule has 6 heteroatoms. The fraction of sp³-hybridized carbons (Fsp3) is 0.381. The molecule has 0 saturated carbocycles. The molecule has 0 aromatic heterocycles. The zero-order chi connectivity index (χ0) is 19.2. The highest BCUT2D eigenvalue weighted by atomic mass is 19.1. The second kappa shape index (κ2) is 8.86. The highest BCUT2D eigenvalue weighted by molar-refractivity contribution is 5.94. The lowest BCUT2D eigenvalue weighted by Crippen LogP contribution is -2.44. The van der Waals surface area contributed by atoms with Gasteiger partial charge in [0.15, 0.2) is 17.7 Å². The summed E-state index contributed by atoms with van der Waals surface area (Å²) in [5.74, 6) is -0.668. The van der Waals surface area contributed by atoms with Crippen molar-refractivity contribution >= 4 is 17.3 Å². The first-order chi connectivity index (χ1) is 13.1. The minimum Gasteiger partial charge on any atom is -0.478 e. The van der Waals surface area contributed by atoms with Crippen LogP contribution in [0.15, 0.2) is 48.5 Å². The zero-order valence-electron chi connectivity index (χ0n) is 15.8. The molecule has 3 rings (SSSR count). The second-order valence-electron chi connectivity index (χ2n) is 6.77. The molecule has 1 amide bonds. The van der Waals surface area contributed by atoms with Crippen LogP contribution in [0.2, 0.25) is 0 Å². The van der Waals surface area contributed by atoms with Gasteiger partial charge in [0.2, 0.25) is 0 Å². The third-order valence-electron chi connectivity index (χ3n) is 4.77. The Kier molecular flexibility index (Phi) is 6.29. The molecule has 1 fully saturated rings. The average Bonchev–Trinajstić information content (AvgIpc) is 2.68. The number of rotatable bonds is 6. The first kappa shape index (κ1) is 19.2. The van der Waals surface area contributed by atoms with Gasteiger partial charge >= 0.3 is 0 Å². The molecule has 1 unspecified atom stereocenters. The number of amides is 1. The number of hydrogen-bond acceptors (Lipinski definition) is 4. The van der Waals surface area contributed by atoms with E-state index in [2.05, 4.69) is 22.2 Å². The Bertz CT molecular complexity index is 758. The van der Waals surface area contributed by atoms with Gasteiger partial charge in [-0.05, 0) is 49.9 Å². The summed E-state index contributed by atoms with van der Waals surface area (Å²) in [6.45, 7) is 5.92. The van der Waals surface area contributed by atoms with Crippen molar-refractivity contribution in [2.75, 3.05) is 43.4 Å². The summed E-state index contributed by atoms with van der Waals surface area (Å²) in [5, 5.41) is 2.86. The first-order valence-electron chi connectivity index (χ1n) is 9.32. The van der Waals surface area contributed by atoms with E-state index in [-0.39, 0.29) is 11.7 Å². The number of piperazine rings is 1. The summed E-state index contributed by atoms with van der Waals surface area (Å²) in [4.78, 5) is 17.2. The normalized spacial score (nSPS) is 16.0. The lowest BCUT2D eigenvalue weighted by molar-refractivity contribution is -0.122. The molecule has 1 N–H and O–H groups in total. The molecular weight excluding hydrogens is 345 g/mol. The highest BCUT2D eigenvalue weighted by Gasteiger charge is 2.20. The molecule has 2 aromatic carbocycles. The Morgan fingerprint density at radius 2 is 1.78 bits per heavy atom. The van der Waals surface area contributed by atoms with Crippen molar-refractivity contribution in [3.63, 3.8) is 0 Å². The van der Waals surface area contributed by atoms with Crippen LogP contribution in [0.4, 0.5) is 15.8 Å². The van der Waals surface area contributed by atoms with E-state index in [0.717, 1.165) is 31.9 Å². The van der Waals surface area contributed by atoms with Gasteiger partial charge in [0, 0.05) is 37.6 Å². The van der Waals surface area contributed by atoms with Gasteiger partial charge in [-0.3, -0.25) is 4.79 Å². The number of halogens is 1. The number of nitrogens with one attached hydrogen (secondary N) is 1. The molecule has 0 bridgehead atoms. The molecule has 27 heavy (non-hydrogen) atoms. The summed E-state index contributed by atoms with van der Waals surface area (Å²) in [6.07, 6.45) is -0.307. The van der Waals surface area contributed by atoms with Crippen LogP contribution in [-0.2, 0) is 4.79 Å². The minimum atomic E-state index is -0.751. The van der Waals surface area contributed by atoms with Crippen molar-refractivity contribution in [3.8, 4) is 5.75 Å². The third-order valence-corrected chi connectivity index (χ3v) is 4.77. The van der Waals surface area contributed by atoms with Crippen molar-refractivity contribution in [1.29, 1.82) is 0 Å². The lowest BCUT2D eigenvalue weighted by Gasteiger charge is -2.34. The van der Waals surface area contributed by atoms with Crippen molar-refractivity contribution in [2.45, 2.75) is 19.4 Å². The lowest BCUT2D eigenvalue weighted by atomic mass is 10.2. The van der Waals surface area contributed by atoms with Crippen molar-refractivity contribution < 1.29 is 13.9 Å². The largest absolute Gasteiger partial charge is 0.478 e. The molecule has 5 nitrogen and oxygen atoms in total. The zero-order valence-corrected chi connectivity index (χ0v) is 15.8. The van der Waals surface area contributed by atoms with E-state index in [9.17, 15) is 9.18 Å². The van der Waals surface area contributed by atoms with Gasteiger partial charge in [-0.15, -0.1) is 0 Å². The Labute approximate surface area is 159 Å². The molecule has 1 aliphatic heterocycles. The Morgan fingerprint density at radius 1 is 1.11 bits per heavy atom. The molecule has 144 valence electrons. The molecule has 0 spiro atoms. The van der Waals surface area contributed by atoms with Gasteiger partial charge in [-0.2, -0.15) is 0 Å². The number of ether oxygens (including phenoxy) is 1. The van der Waals surface area contributed by atoms with Gasteiger partial charge < -0.3 is 19.9 Å². The second-order valence-corrected chi connectivity index (χ2v) is 6.77. The van der Waals surface area contributed by atoms with Crippen molar-refractivity contribution in [3.05, 3.63) is 54.3 Å². The Hall–Kier alpha value is -2.60. The van der Waals surface area contributed by atoms with E-state index in [1.807, 2.05) is 31.2 Å². The monoisotopic (exact) mass is 371 g/mol.